The summed E-state index contributed by atoms with van der Waals surface area (Å²) in [5.41, 5.74) is 3.07. The highest BCUT2D eigenvalue weighted by molar-refractivity contribution is 6.51. The number of aromatic amines is 1. The quantitative estimate of drug-likeness (QED) is 0.268. The van der Waals surface area contributed by atoms with E-state index in [0.717, 1.165) is 11.1 Å². The lowest BCUT2D eigenvalue weighted by atomic mass is 9.98. The molecule has 9 nitrogen and oxygen atoms in total. The van der Waals surface area contributed by atoms with Crippen molar-refractivity contribution in [2.45, 2.75) is 13.0 Å². The second-order valence-electron chi connectivity index (χ2n) is 8.36. The van der Waals surface area contributed by atoms with Gasteiger partial charge in [-0.3, -0.25) is 19.5 Å². The van der Waals surface area contributed by atoms with Crippen LogP contribution in [0.5, 0.6) is 11.5 Å². The average Bonchev–Trinajstić information content (AvgIpc) is 3.41. The molecule has 0 radical (unpaired) electrons. The topological polar surface area (TPSA) is 118 Å². The average molecular weight is 468 g/mol. The van der Waals surface area contributed by atoms with Crippen LogP contribution in [0, 0.1) is 6.92 Å². The summed E-state index contributed by atoms with van der Waals surface area (Å²) in [6.07, 6.45) is 1.57. The first-order valence-electron chi connectivity index (χ1n) is 11.1. The Morgan fingerprint density at radius 3 is 2.69 bits per heavy atom. The van der Waals surface area contributed by atoms with Gasteiger partial charge in [0, 0.05) is 11.8 Å². The number of anilines is 1. The summed E-state index contributed by atoms with van der Waals surface area (Å²) in [5.74, 6) is -0.765. The lowest BCUT2D eigenvalue weighted by Crippen LogP contribution is -2.30. The molecule has 1 atom stereocenters. The third kappa shape index (κ3) is 3.40. The molecule has 1 amide bonds. The number of benzene rings is 2. The molecule has 1 unspecified atom stereocenters. The number of nitrogens with one attached hydrogen (secondary N) is 1. The zero-order valence-electron chi connectivity index (χ0n) is 18.7. The number of hydrogen-bond acceptors (Lipinski definition) is 7. The van der Waals surface area contributed by atoms with Gasteiger partial charge in [0.05, 0.1) is 22.3 Å². The highest BCUT2D eigenvalue weighted by atomic mass is 16.6. The molecule has 174 valence electrons. The molecule has 2 N–H and O–H groups in total. The van der Waals surface area contributed by atoms with E-state index in [2.05, 4.69) is 15.0 Å². The third-order valence-electron chi connectivity index (χ3n) is 6.08. The van der Waals surface area contributed by atoms with Crippen LogP contribution in [-0.2, 0) is 9.59 Å². The molecule has 2 aliphatic heterocycles. The van der Waals surface area contributed by atoms with Crippen molar-refractivity contribution < 1.29 is 24.2 Å². The van der Waals surface area contributed by atoms with Crippen LogP contribution in [0.4, 0.5) is 5.95 Å². The van der Waals surface area contributed by atoms with Gasteiger partial charge in [-0.25, -0.2) is 4.98 Å². The maximum absolute atomic E-state index is 13.3. The van der Waals surface area contributed by atoms with Crippen molar-refractivity contribution in [1.29, 1.82) is 0 Å². The maximum Gasteiger partial charge on any atom is 0.302 e. The minimum atomic E-state index is -0.981. The number of pyridine rings is 1. The van der Waals surface area contributed by atoms with Gasteiger partial charge in [0.2, 0.25) is 5.95 Å². The SMILES string of the molecule is Cc1ccc2nc(N3C(=O)C(=O)/C(=C(/O)c4ccc5c(c4)OCCO5)C3c3ccccn3)[nH]c2c1. The number of Topliss-reactive ketones (excluding diaryl/α,β-unsaturated/α-hetero) is 1. The fourth-order valence-electron chi connectivity index (χ4n) is 4.44. The first kappa shape index (κ1) is 20.9. The first-order chi connectivity index (χ1) is 17.0. The van der Waals surface area contributed by atoms with Gasteiger partial charge in [-0.2, -0.15) is 0 Å². The van der Waals surface area contributed by atoms with Crippen molar-refractivity contribution in [3.8, 4) is 11.5 Å². The summed E-state index contributed by atoms with van der Waals surface area (Å²) in [5, 5.41) is 11.3. The lowest BCUT2D eigenvalue weighted by Gasteiger charge is -2.22. The Bertz CT molecular complexity index is 1530. The van der Waals surface area contributed by atoms with Gasteiger partial charge in [-0.05, 0) is 55.0 Å². The molecule has 0 spiro atoms. The summed E-state index contributed by atoms with van der Waals surface area (Å²) in [4.78, 5) is 40.0. The van der Waals surface area contributed by atoms with Gasteiger partial charge >= 0.3 is 5.91 Å². The fourth-order valence-corrected chi connectivity index (χ4v) is 4.44. The molecule has 2 aromatic carbocycles. The molecule has 1 saturated heterocycles. The number of aliphatic hydroxyl groups excluding tert-OH is 1. The number of aryl methyl sites for hydroxylation is 1. The van der Waals surface area contributed by atoms with Gasteiger partial charge in [0.15, 0.2) is 11.5 Å². The number of fused-ring (bicyclic) bond motifs is 2. The van der Waals surface area contributed by atoms with E-state index in [-0.39, 0.29) is 17.3 Å². The predicted molar refractivity (Wildman–Crippen MR) is 127 cm³/mol. The number of carbonyl (C=O) groups excluding carboxylic acids is 2. The number of aliphatic hydroxyl groups is 1. The Kier molecular flexibility index (Phi) is 4.77. The van der Waals surface area contributed by atoms with Gasteiger partial charge in [-0.1, -0.05) is 12.1 Å². The molecule has 6 rings (SSSR count). The smallest absolute Gasteiger partial charge is 0.302 e. The number of imidazole rings is 1. The molecule has 0 saturated carbocycles. The molecule has 1 fully saturated rings. The summed E-state index contributed by atoms with van der Waals surface area (Å²) < 4.78 is 11.2. The maximum atomic E-state index is 13.3. The number of amides is 1. The standard InChI is InChI=1S/C26H20N4O5/c1-14-5-7-16-18(12-14)29-26(28-16)30-22(17-4-2-3-9-27-17)21(24(32)25(30)33)23(31)15-6-8-19-20(13-15)35-11-10-34-19/h2-9,12-13,22,31H,10-11H2,1H3,(H,28,29)/b23-21+. The van der Waals surface area contributed by atoms with E-state index in [1.807, 2.05) is 25.1 Å². The number of aromatic nitrogens is 3. The van der Waals surface area contributed by atoms with E-state index >= 15 is 0 Å². The highest BCUT2D eigenvalue weighted by Gasteiger charge is 2.49. The molecule has 4 aromatic rings. The number of carbonyl (C=O) groups is 2. The Labute approximate surface area is 199 Å². The number of ether oxygens (including phenoxy) is 2. The van der Waals surface area contributed by atoms with Gasteiger partial charge < -0.3 is 19.6 Å². The molecule has 2 aliphatic rings. The number of H-pyrrole nitrogens is 1. The van der Waals surface area contributed by atoms with E-state index in [4.69, 9.17) is 9.47 Å². The van der Waals surface area contributed by atoms with Crippen LogP contribution in [0.3, 0.4) is 0 Å². The predicted octanol–water partition coefficient (Wildman–Crippen LogP) is 3.66. The largest absolute Gasteiger partial charge is 0.507 e. The number of nitrogens with zero attached hydrogens (tertiary/aromatic N) is 3. The van der Waals surface area contributed by atoms with Crippen LogP contribution in [0.2, 0.25) is 0 Å². The minimum absolute atomic E-state index is 0.0815. The lowest BCUT2D eigenvalue weighted by molar-refractivity contribution is -0.132. The summed E-state index contributed by atoms with van der Waals surface area (Å²) in [6, 6.07) is 14.8. The van der Waals surface area contributed by atoms with Gasteiger partial charge in [0.1, 0.15) is 25.0 Å². The Morgan fingerprint density at radius 2 is 1.89 bits per heavy atom. The molecule has 4 heterocycles. The normalized spacial score (nSPS) is 18.9. The molecular weight excluding hydrogens is 448 g/mol. The third-order valence-corrected chi connectivity index (χ3v) is 6.08. The van der Waals surface area contributed by atoms with Crippen LogP contribution < -0.4 is 14.4 Å². The summed E-state index contributed by atoms with van der Waals surface area (Å²) in [7, 11) is 0. The van der Waals surface area contributed by atoms with Crippen molar-refractivity contribution >= 4 is 34.4 Å². The fraction of sp³-hybridized carbons (Fsp3) is 0.154. The van der Waals surface area contributed by atoms with Crippen LogP contribution in [-0.4, -0.2) is 45.0 Å². The molecule has 2 aromatic heterocycles. The van der Waals surface area contributed by atoms with Crippen LogP contribution in [0.1, 0.15) is 22.9 Å². The van der Waals surface area contributed by atoms with E-state index in [0.29, 0.717) is 41.5 Å². The van der Waals surface area contributed by atoms with Crippen LogP contribution in [0.25, 0.3) is 16.8 Å². The highest BCUT2D eigenvalue weighted by Crippen LogP contribution is 2.42. The molecule has 35 heavy (non-hydrogen) atoms. The zero-order chi connectivity index (χ0) is 24.1. The molecule has 9 heteroatoms. The molecule has 0 aliphatic carbocycles. The number of rotatable bonds is 3. The second kappa shape index (κ2) is 7.98. The van der Waals surface area contributed by atoms with Crippen molar-refractivity contribution in [1.82, 2.24) is 15.0 Å². The number of hydrogen-bond donors (Lipinski definition) is 2. The Hall–Kier alpha value is -4.66. The zero-order valence-corrected chi connectivity index (χ0v) is 18.7. The first-order valence-corrected chi connectivity index (χ1v) is 11.1. The van der Waals surface area contributed by atoms with E-state index in [1.54, 1.807) is 42.6 Å². The van der Waals surface area contributed by atoms with Crippen molar-refractivity contribution in [2.75, 3.05) is 18.1 Å². The van der Waals surface area contributed by atoms with E-state index in [9.17, 15) is 14.7 Å². The van der Waals surface area contributed by atoms with Crippen molar-refractivity contribution in [3.05, 3.63) is 83.2 Å². The molecule has 0 bridgehead atoms. The second-order valence-corrected chi connectivity index (χ2v) is 8.36. The minimum Gasteiger partial charge on any atom is -0.507 e. The number of ketones is 1. The van der Waals surface area contributed by atoms with Crippen molar-refractivity contribution in [2.24, 2.45) is 0 Å². The van der Waals surface area contributed by atoms with Crippen LogP contribution >= 0.6 is 0 Å². The monoisotopic (exact) mass is 468 g/mol. The summed E-state index contributed by atoms with van der Waals surface area (Å²) >= 11 is 0. The van der Waals surface area contributed by atoms with Gasteiger partial charge in [0.25, 0.3) is 5.78 Å². The molecular formula is C26H20N4O5. The van der Waals surface area contributed by atoms with Crippen LogP contribution in [0.15, 0.2) is 66.4 Å². The Morgan fingerprint density at radius 1 is 1.06 bits per heavy atom. The van der Waals surface area contributed by atoms with Gasteiger partial charge in [-0.15, -0.1) is 0 Å². The van der Waals surface area contributed by atoms with E-state index < -0.39 is 17.7 Å². The van der Waals surface area contributed by atoms with E-state index in [1.165, 1.54) is 4.90 Å². The summed E-state index contributed by atoms with van der Waals surface area (Å²) in [6.45, 7) is 2.76. The van der Waals surface area contributed by atoms with Crippen molar-refractivity contribution in [3.63, 3.8) is 0 Å². The Balaban J connectivity index is 1.53.